The van der Waals surface area contributed by atoms with Crippen LogP contribution in [0.5, 0.6) is 0 Å². The molecule has 0 amide bonds. The lowest BCUT2D eigenvalue weighted by molar-refractivity contribution is 0.0340. The van der Waals surface area contributed by atoms with Gasteiger partial charge in [0.05, 0.1) is 13.2 Å². The van der Waals surface area contributed by atoms with E-state index >= 15 is 0 Å². The normalized spacial score (nSPS) is 30.8. The zero-order valence-corrected chi connectivity index (χ0v) is 7.67. The summed E-state index contributed by atoms with van der Waals surface area (Å²) in [6.07, 6.45) is 3.85. The predicted octanol–water partition coefficient (Wildman–Crippen LogP) is 0.933. The first-order valence-corrected chi connectivity index (χ1v) is 5.07. The maximum Gasteiger partial charge on any atom is 0.153 e. The van der Waals surface area contributed by atoms with Crippen molar-refractivity contribution in [1.29, 1.82) is 0 Å². The minimum atomic E-state index is 0.291. The van der Waals surface area contributed by atoms with Crippen LogP contribution in [0, 0.1) is 0 Å². The Morgan fingerprint density at radius 3 is 2.92 bits per heavy atom. The quantitative estimate of drug-likeness (QED) is 0.606. The zero-order valence-electron chi connectivity index (χ0n) is 6.85. The van der Waals surface area contributed by atoms with Crippen LogP contribution in [0.1, 0.15) is 0 Å². The number of nitrogens with zero attached hydrogens (tertiary/aromatic N) is 2. The highest BCUT2D eigenvalue weighted by Gasteiger charge is 2.19. The van der Waals surface area contributed by atoms with Crippen LogP contribution < -0.4 is 0 Å². The van der Waals surface area contributed by atoms with Crippen LogP contribution in [-0.4, -0.2) is 42.9 Å². The lowest BCUT2D eigenvalue weighted by atomic mass is 10.4. The standard InChI is InChI=1S/C8H12N2OS/c1-2-9-8(12-7-1)10-3-5-11-6-4-10/h1-2,7-8H,3-6H2. The summed E-state index contributed by atoms with van der Waals surface area (Å²) in [7, 11) is 0. The molecule has 0 spiro atoms. The average Bonchev–Trinajstić information content (AvgIpc) is 2.21. The number of hydrogen-bond donors (Lipinski definition) is 0. The summed E-state index contributed by atoms with van der Waals surface area (Å²) in [5.41, 5.74) is 0.291. The molecule has 0 aromatic heterocycles. The van der Waals surface area contributed by atoms with Gasteiger partial charge in [0.25, 0.3) is 0 Å². The Kier molecular flexibility index (Phi) is 2.81. The second-order valence-corrected chi connectivity index (χ2v) is 3.70. The number of ether oxygens (including phenoxy) is 1. The molecule has 3 nitrogen and oxygen atoms in total. The van der Waals surface area contributed by atoms with Crippen LogP contribution in [0.2, 0.25) is 0 Å². The molecule has 4 heteroatoms. The van der Waals surface area contributed by atoms with Crippen molar-refractivity contribution in [2.45, 2.75) is 5.50 Å². The average molecular weight is 184 g/mol. The summed E-state index contributed by atoms with van der Waals surface area (Å²) >= 11 is 1.76. The van der Waals surface area contributed by atoms with Gasteiger partial charge in [-0.2, -0.15) is 0 Å². The Balaban J connectivity index is 1.90. The van der Waals surface area contributed by atoms with Crippen molar-refractivity contribution in [2.75, 3.05) is 26.3 Å². The molecule has 0 radical (unpaired) electrons. The monoisotopic (exact) mass is 184 g/mol. The Morgan fingerprint density at radius 1 is 1.42 bits per heavy atom. The first-order valence-electron chi connectivity index (χ1n) is 4.12. The highest BCUT2D eigenvalue weighted by Crippen LogP contribution is 2.21. The van der Waals surface area contributed by atoms with Crippen LogP contribution in [0.15, 0.2) is 16.5 Å². The van der Waals surface area contributed by atoms with Gasteiger partial charge in [-0.3, -0.25) is 9.89 Å². The molecule has 0 N–H and O–H groups in total. The second-order valence-electron chi connectivity index (χ2n) is 2.74. The second kappa shape index (κ2) is 4.07. The molecule has 2 rings (SSSR count). The van der Waals surface area contributed by atoms with Gasteiger partial charge in [0.2, 0.25) is 0 Å². The van der Waals surface area contributed by atoms with Crippen molar-refractivity contribution in [3.8, 4) is 0 Å². The van der Waals surface area contributed by atoms with Gasteiger partial charge in [-0.15, -0.1) is 0 Å². The molecule has 2 aliphatic rings. The third-order valence-electron chi connectivity index (χ3n) is 1.94. The Hall–Kier alpha value is -0.320. The Bertz CT molecular complexity index is 199. The molecule has 0 aromatic carbocycles. The molecular formula is C8H12N2OS. The van der Waals surface area contributed by atoms with Gasteiger partial charge < -0.3 is 4.74 Å². The molecule has 0 saturated carbocycles. The van der Waals surface area contributed by atoms with Crippen molar-refractivity contribution < 1.29 is 4.74 Å². The van der Waals surface area contributed by atoms with Crippen molar-refractivity contribution in [3.63, 3.8) is 0 Å². The first kappa shape index (κ1) is 8.29. The third-order valence-corrected chi connectivity index (χ3v) is 2.91. The van der Waals surface area contributed by atoms with Crippen LogP contribution in [0.25, 0.3) is 0 Å². The van der Waals surface area contributed by atoms with E-state index in [1.54, 1.807) is 11.8 Å². The molecule has 66 valence electrons. The summed E-state index contributed by atoms with van der Waals surface area (Å²) in [6.45, 7) is 3.69. The highest BCUT2D eigenvalue weighted by molar-refractivity contribution is 8.02. The summed E-state index contributed by atoms with van der Waals surface area (Å²) in [5.74, 6) is 0. The van der Waals surface area contributed by atoms with E-state index in [1.807, 2.05) is 12.3 Å². The van der Waals surface area contributed by atoms with Gasteiger partial charge in [-0.25, -0.2) is 0 Å². The van der Waals surface area contributed by atoms with E-state index in [4.69, 9.17) is 4.74 Å². The fraction of sp³-hybridized carbons (Fsp3) is 0.625. The third kappa shape index (κ3) is 1.88. The Labute approximate surface area is 76.5 Å². The van der Waals surface area contributed by atoms with E-state index in [-0.39, 0.29) is 0 Å². The number of hydrogen-bond acceptors (Lipinski definition) is 4. The van der Waals surface area contributed by atoms with Crippen molar-refractivity contribution >= 4 is 18.0 Å². The van der Waals surface area contributed by atoms with Gasteiger partial charge in [0.15, 0.2) is 5.50 Å². The van der Waals surface area contributed by atoms with Gasteiger partial charge in [-0.05, 0) is 11.5 Å². The highest BCUT2D eigenvalue weighted by atomic mass is 32.2. The number of morpholine rings is 1. The molecule has 1 fully saturated rings. The summed E-state index contributed by atoms with van der Waals surface area (Å²) in [6, 6.07) is 0. The molecule has 0 aliphatic carbocycles. The number of allylic oxidation sites excluding steroid dienone is 1. The molecular weight excluding hydrogens is 172 g/mol. The van der Waals surface area contributed by atoms with Crippen molar-refractivity contribution in [1.82, 2.24) is 4.90 Å². The van der Waals surface area contributed by atoms with Crippen LogP contribution in [0.4, 0.5) is 0 Å². The molecule has 2 aliphatic heterocycles. The Morgan fingerprint density at radius 2 is 2.25 bits per heavy atom. The SMILES string of the molecule is C1=CSC(N2CCOCC2)N=C1. The molecule has 0 bridgehead atoms. The van der Waals surface area contributed by atoms with Crippen LogP contribution >= 0.6 is 11.8 Å². The van der Waals surface area contributed by atoms with E-state index in [0.29, 0.717) is 5.50 Å². The smallest absolute Gasteiger partial charge is 0.153 e. The largest absolute Gasteiger partial charge is 0.379 e. The molecule has 12 heavy (non-hydrogen) atoms. The molecule has 1 unspecified atom stereocenters. The van der Waals surface area contributed by atoms with Crippen molar-refractivity contribution in [2.24, 2.45) is 4.99 Å². The summed E-state index contributed by atoms with van der Waals surface area (Å²) in [4.78, 5) is 6.72. The van der Waals surface area contributed by atoms with Gasteiger partial charge in [-0.1, -0.05) is 11.8 Å². The molecule has 0 aromatic rings. The molecule has 1 atom stereocenters. The molecule has 1 saturated heterocycles. The van der Waals surface area contributed by atoms with E-state index in [9.17, 15) is 0 Å². The fourth-order valence-corrected chi connectivity index (χ4v) is 2.11. The number of aliphatic imine (C=N–C) groups is 1. The van der Waals surface area contributed by atoms with Crippen molar-refractivity contribution in [3.05, 3.63) is 11.5 Å². The predicted molar refractivity (Wildman–Crippen MR) is 51.4 cm³/mol. The zero-order chi connectivity index (χ0) is 8.23. The van der Waals surface area contributed by atoms with Crippen LogP contribution in [0.3, 0.4) is 0 Å². The minimum Gasteiger partial charge on any atom is -0.379 e. The minimum absolute atomic E-state index is 0.291. The summed E-state index contributed by atoms with van der Waals surface area (Å²) in [5, 5.41) is 2.09. The number of thioether (sulfide) groups is 1. The lowest BCUT2D eigenvalue weighted by Crippen LogP contribution is -2.41. The fourth-order valence-electron chi connectivity index (χ4n) is 1.29. The van der Waals surface area contributed by atoms with Gasteiger partial charge in [0, 0.05) is 19.3 Å². The molecule has 2 heterocycles. The van der Waals surface area contributed by atoms with E-state index in [2.05, 4.69) is 15.3 Å². The lowest BCUT2D eigenvalue weighted by Gasteiger charge is -2.31. The topological polar surface area (TPSA) is 24.8 Å². The maximum absolute atomic E-state index is 5.27. The van der Waals surface area contributed by atoms with E-state index in [0.717, 1.165) is 26.3 Å². The number of rotatable bonds is 1. The maximum atomic E-state index is 5.27. The van der Waals surface area contributed by atoms with Gasteiger partial charge >= 0.3 is 0 Å². The van der Waals surface area contributed by atoms with E-state index in [1.165, 1.54) is 0 Å². The van der Waals surface area contributed by atoms with Crippen LogP contribution in [-0.2, 0) is 4.74 Å². The van der Waals surface area contributed by atoms with Gasteiger partial charge in [0.1, 0.15) is 0 Å². The summed E-state index contributed by atoms with van der Waals surface area (Å²) < 4.78 is 5.27. The first-order chi connectivity index (χ1) is 5.97. The van der Waals surface area contributed by atoms with E-state index < -0.39 is 0 Å².